The molecule has 0 saturated carbocycles. The predicted molar refractivity (Wildman–Crippen MR) is 41.8 cm³/mol. The third kappa shape index (κ3) is 972000. The minimum absolute atomic E-state index is 0.167. The van der Waals surface area contributed by atoms with Crippen LogP contribution in [-0.2, 0) is 4.79 Å². The van der Waals surface area contributed by atoms with Gasteiger partial charge < -0.3 is 4.79 Å². The SMILES string of the molecule is CC(C)=O.CP(C)(O)(O)O. The van der Waals surface area contributed by atoms with Crippen LogP contribution >= 0.6 is 7.28 Å². The molecule has 0 rings (SSSR count). The second kappa shape index (κ2) is 3.39. The molecule has 10 heavy (non-hydrogen) atoms. The van der Waals surface area contributed by atoms with Crippen LogP contribution in [0.1, 0.15) is 13.8 Å². The molecule has 0 radical (unpaired) electrons. The zero-order valence-electron chi connectivity index (χ0n) is 6.70. The molecule has 0 heterocycles. The first kappa shape index (κ1) is 12.6. The number of Topliss-reactive ketones (excluding diaryl/α,β-unsaturated/α-hetero) is 1. The van der Waals surface area contributed by atoms with Crippen molar-refractivity contribution < 1.29 is 19.5 Å². The molecule has 64 valence electrons. The van der Waals surface area contributed by atoms with Crippen LogP contribution in [0.4, 0.5) is 0 Å². The Bertz CT molecular complexity index is 100. The molecule has 0 amide bonds. The molecule has 0 aliphatic carbocycles. The van der Waals surface area contributed by atoms with Crippen LogP contribution in [0.2, 0.25) is 0 Å². The molecule has 0 aliphatic rings. The average molecular weight is 170 g/mol. The van der Waals surface area contributed by atoms with E-state index in [4.69, 9.17) is 14.7 Å². The van der Waals surface area contributed by atoms with E-state index in [1.54, 1.807) is 0 Å². The van der Waals surface area contributed by atoms with Gasteiger partial charge in [0.15, 0.2) is 0 Å². The van der Waals surface area contributed by atoms with E-state index in [0.717, 1.165) is 13.3 Å². The van der Waals surface area contributed by atoms with Crippen molar-refractivity contribution in [3.05, 3.63) is 0 Å². The molecule has 0 aromatic carbocycles. The molecule has 0 aromatic heterocycles. The second-order valence-corrected chi connectivity index (χ2v) is 6.65. The van der Waals surface area contributed by atoms with Gasteiger partial charge in [0.2, 0.25) is 0 Å². The van der Waals surface area contributed by atoms with E-state index in [2.05, 4.69) is 0 Å². The van der Waals surface area contributed by atoms with Gasteiger partial charge in [-0.1, -0.05) is 0 Å². The van der Waals surface area contributed by atoms with Crippen molar-refractivity contribution in [2.45, 2.75) is 13.8 Å². The standard InChI is InChI=1S/C3H6O.C2H9O3P/c1-3(2)4;1-6(2,3,4)5/h1-2H3;3-5H,1-2H3. The van der Waals surface area contributed by atoms with Crippen molar-refractivity contribution in [1.29, 1.82) is 0 Å². The summed E-state index contributed by atoms with van der Waals surface area (Å²) in [7, 11) is -4.05. The molecule has 0 unspecified atom stereocenters. The summed E-state index contributed by atoms with van der Waals surface area (Å²) in [5.74, 6) is 0.167. The number of hydrogen-bond donors (Lipinski definition) is 3. The molecule has 4 nitrogen and oxygen atoms in total. The topological polar surface area (TPSA) is 77.8 Å². The summed E-state index contributed by atoms with van der Waals surface area (Å²) in [5.41, 5.74) is 0. The first-order valence-corrected chi connectivity index (χ1v) is 5.69. The van der Waals surface area contributed by atoms with Crippen LogP contribution in [0.3, 0.4) is 0 Å². The molecule has 0 atom stereocenters. The summed E-state index contributed by atoms with van der Waals surface area (Å²) >= 11 is 0. The summed E-state index contributed by atoms with van der Waals surface area (Å²) in [4.78, 5) is 34.1. The third-order valence-electron chi connectivity index (χ3n) is 0. The minimum atomic E-state index is -4.05. The third-order valence-corrected chi connectivity index (χ3v) is 0. The Morgan fingerprint density at radius 2 is 1.10 bits per heavy atom. The van der Waals surface area contributed by atoms with E-state index in [-0.39, 0.29) is 5.78 Å². The van der Waals surface area contributed by atoms with Gasteiger partial charge in [-0.2, -0.15) is 0 Å². The fourth-order valence-electron chi connectivity index (χ4n) is 0. The fraction of sp³-hybridized carbons (Fsp3) is 0.800. The molecular formula is C5H15O4P. The number of carbonyl (C=O) groups excluding carboxylic acids is 1. The van der Waals surface area contributed by atoms with Crippen LogP contribution in [-0.4, -0.2) is 33.8 Å². The van der Waals surface area contributed by atoms with E-state index < -0.39 is 7.28 Å². The Balaban J connectivity index is 0. The van der Waals surface area contributed by atoms with Crippen LogP contribution < -0.4 is 0 Å². The summed E-state index contributed by atoms with van der Waals surface area (Å²) in [5, 5.41) is 0. The van der Waals surface area contributed by atoms with Crippen molar-refractivity contribution in [1.82, 2.24) is 0 Å². The molecule has 0 aliphatic heterocycles. The van der Waals surface area contributed by atoms with Gasteiger partial charge in [-0.05, 0) is 13.8 Å². The fourth-order valence-corrected chi connectivity index (χ4v) is 0. The van der Waals surface area contributed by atoms with E-state index in [1.165, 1.54) is 13.8 Å². The maximum atomic E-state index is 9.44. The van der Waals surface area contributed by atoms with Crippen molar-refractivity contribution in [3.8, 4) is 0 Å². The zero-order chi connectivity index (χ0) is 9.02. The van der Waals surface area contributed by atoms with Gasteiger partial charge in [0.1, 0.15) is 5.78 Å². The van der Waals surface area contributed by atoms with Crippen molar-refractivity contribution in [2.24, 2.45) is 0 Å². The van der Waals surface area contributed by atoms with Gasteiger partial charge >= 0.3 is 35.3 Å². The van der Waals surface area contributed by atoms with Gasteiger partial charge in [0, 0.05) is 0 Å². The first-order chi connectivity index (χ1) is 3.97. The summed E-state index contributed by atoms with van der Waals surface area (Å²) in [6, 6.07) is 0. The first-order valence-electron chi connectivity index (χ1n) is 2.70. The van der Waals surface area contributed by atoms with Gasteiger partial charge in [-0.3, -0.25) is 0 Å². The molecule has 0 bridgehead atoms. The van der Waals surface area contributed by atoms with Gasteiger partial charge in [-0.25, -0.2) is 0 Å². The number of hydrogen-bond acceptors (Lipinski definition) is 4. The Morgan fingerprint density at radius 3 is 1.10 bits per heavy atom. The van der Waals surface area contributed by atoms with Crippen LogP contribution in [0.5, 0.6) is 0 Å². The Kier molecular flexibility index (Phi) is 4.29. The second-order valence-electron chi connectivity index (χ2n) is 2.82. The van der Waals surface area contributed by atoms with Crippen molar-refractivity contribution in [3.63, 3.8) is 0 Å². The van der Waals surface area contributed by atoms with Gasteiger partial charge in [0.25, 0.3) is 0 Å². The van der Waals surface area contributed by atoms with Crippen LogP contribution in [0.15, 0.2) is 0 Å². The number of rotatable bonds is 0. The van der Waals surface area contributed by atoms with Crippen LogP contribution in [0.25, 0.3) is 0 Å². The quantitative estimate of drug-likeness (QED) is 0.451. The molecule has 0 fully saturated rings. The van der Waals surface area contributed by atoms with E-state index in [1.807, 2.05) is 0 Å². The van der Waals surface area contributed by atoms with E-state index in [9.17, 15) is 4.79 Å². The average Bonchev–Trinajstić information content (AvgIpc) is 1.14. The van der Waals surface area contributed by atoms with Gasteiger partial charge in [0.05, 0.1) is 0 Å². The van der Waals surface area contributed by atoms with Crippen molar-refractivity contribution in [2.75, 3.05) is 13.3 Å². The summed E-state index contributed by atoms with van der Waals surface area (Å²) in [6.45, 7) is 5.07. The number of ketones is 1. The molecule has 0 saturated heterocycles. The normalized spacial score (nSPS) is 14.1. The maximum absolute atomic E-state index is 9.44. The summed E-state index contributed by atoms with van der Waals surface area (Å²) in [6.07, 6.45) is 0. The van der Waals surface area contributed by atoms with E-state index >= 15 is 0 Å². The Labute approximate surface area is 60.7 Å². The molecule has 0 aromatic rings. The predicted octanol–water partition coefficient (Wildman–Crippen LogP) is 0.116. The van der Waals surface area contributed by atoms with Crippen molar-refractivity contribution >= 4 is 13.1 Å². The number of carbonyl (C=O) groups is 1. The summed E-state index contributed by atoms with van der Waals surface area (Å²) < 4.78 is 0. The van der Waals surface area contributed by atoms with E-state index in [0.29, 0.717) is 0 Å². The van der Waals surface area contributed by atoms with Gasteiger partial charge in [-0.15, -0.1) is 0 Å². The monoisotopic (exact) mass is 170 g/mol. The molecule has 0 spiro atoms. The van der Waals surface area contributed by atoms with Crippen LogP contribution in [0, 0.1) is 0 Å². The zero-order valence-corrected chi connectivity index (χ0v) is 7.59. The molecule has 3 N–H and O–H groups in total. The molecular weight excluding hydrogens is 155 g/mol. The molecule has 5 heteroatoms. The Morgan fingerprint density at radius 1 is 1.10 bits per heavy atom. The Hall–Kier alpha value is -0.0200.